The van der Waals surface area contributed by atoms with E-state index in [1.807, 2.05) is 12.1 Å². The number of alkyl halides is 3. The van der Waals surface area contributed by atoms with Gasteiger partial charge in [0.25, 0.3) is 0 Å². The first-order valence-corrected chi connectivity index (χ1v) is 9.71. The standard InChI is InChI=1S/C21H22ClF3N2O2/c22-18-6-4-16(5-7-18)19(27-8-10-29-11-9-27)14-26-20(28)13-15-2-1-3-17(12-15)21(23,24)25/h1-7,12,19H,8-11,13-14H2,(H,26,28). The Morgan fingerprint density at radius 3 is 2.48 bits per heavy atom. The Bertz CT molecular complexity index is 821. The van der Waals surface area contributed by atoms with Gasteiger partial charge in [-0.1, -0.05) is 41.9 Å². The number of amides is 1. The van der Waals surface area contributed by atoms with Crippen LogP contribution in [0, 0.1) is 0 Å². The first kappa shape index (κ1) is 21.6. The zero-order chi connectivity index (χ0) is 20.9. The van der Waals surface area contributed by atoms with Gasteiger partial charge in [0.15, 0.2) is 0 Å². The molecule has 1 aliphatic heterocycles. The van der Waals surface area contributed by atoms with Gasteiger partial charge in [-0.05, 0) is 29.3 Å². The molecule has 8 heteroatoms. The Balaban J connectivity index is 1.65. The Labute approximate surface area is 172 Å². The molecular formula is C21H22ClF3N2O2. The van der Waals surface area contributed by atoms with Crippen molar-refractivity contribution < 1.29 is 22.7 Å². The predicted octanol–water partition coefficient (Wildman–Crippen LogP) is 4.09. The van der Waals surface area contributed by atoms with Gasteiger partial charge in [-0.25, -0.2) is 0 Å². The average molecular weight is 427 g/mol. The molecule has 1 aliphatic rings. The highest BCUT2D eigenvalue weighted by atomic mass is 35.5. The Morgan fingerprint density at radius 2 is 1.83 bits per heavy atom. The zero-order valence-electron chi connectivity index (χ0n) is 15.7. The van der Waals surface area contributed by atoms with Gasteiger partial charge >= 0.3 is 6.18 Å². The van der Waals surface area contributed by atoms with Crippen LogP contribution in [0.5, 0.6) is 0 Å². The second-order valence-electron chi connectivity index (χ2n) is 6.89. The molecule has 4 nitrogen and oxygen atoms in total. The number of nitrogens with zero attached hydrogens (tertiary/aromatic N) is 1. The molecule has 1 amide bonds. The number of hydrogen-bond acceptors (Lipinski definition) is 3. The van der Waals surface area contributed by atoms with E-state index in [-0.39, 0.29) is 18.4 Å². The summed E-state index contributed by atoms with van der Waals surface area (Å²) in [6, 6.07) is 12.2. The molecule has 29 heavy (non-hydrogen) atoms. The van der Waals surface area contributed by atoms with Gasteiger partial charge < -0.3 is 10.1 Å². The van der Waals surface area contributed by atoms with E-state index in [1.54, 1.807) is 12.1 Å². The fraction of sp³-hybridized carbons (Fsp3) is 0.381. The van der Waals surface area contributed by atoms with Gasteiger partial charge in [-0.3, -0.25) is 9.69 Å². The molecule has 0 saturated carbocycles. The molecule has 0 bridgehead atoms. The summed E-state index contributed by atoms with van der Waals surface area (Å²) in [5.74, 6) is -0.323. The van der Waals surface area contributed by atoms with Gasteiger partial charge in [0.2, 0.25) is 5.91 Å². The molecule has 1 fully saturated rings. The molecule has 0 spiro atoms. The number of ether oxygens (including phenoxy) is 1. The van der Waals surface area contributed by atoms with Crippen molar-refractivity contribution in [3.8, 4) is 0 Å². The van der Waals surface area contributed by atoms with Crippen molar-refractivity contribution in [2.75, 3.05) is 32.8 Å². The molecule has 2 aromatic rings. The lowest BCUT2D eigenvalue weighted by Crippen LogP contribution is -2.44. The van der Waals surface area contributed by atoms with Crippen LogP contribution >= 0.6 is 11.6 Å². The summed E-state index contributed by atoms with van der Waals surface area (Å²) in [5, 5.41) is 3.49. The van der Waals surface area contributed by atoms with Crippen molar-refractivity contribution in [2.45, 2.75) is 18.6 Å². The molecule has 2 aromatic carbocycles. The fourth-order valence-electron chi connectivity index (χ4n) is 3.35. The molecule has 1 saturated heterocycles. The molecule has 1 N–H and O–H groups in total. The summed E-state index contributed by atoms with van der Waals surface area (Å²) in [6.07, 6.45) is -4.54. The highest BCUT2D eigenvalue weighted by Gasteiger charge is 2.30. The molecule has 156 valence electrons. The van der Waals surface area contributed by atoms with Crippen LogP contribution in [0.4, 0.5) is 13.2 Å². The quantitative estimate of drug-likeness (QED) is 0.756. The van der Waals surface area contributed by atoms with Crippen LogP contribution in [0.1, 0.15) is 22.7 Å². The molecule has 0 aliphatic carbocycles. The first-order chi connectivity index (χ1) is 13.8. The monoisotopic (exact) mass is 426 g/mol. The zero-order valence-corrected chi connectivity index (χ0v) is 16.5. The number of carbonyl (C=O) groups excluding carboxylic acids is 1. The Kier molecular flexibility index (Phi) is 7.16. The summed E-state index contributed by atoms with van der Waals surface area (Å²) >= 11 is 5.98. The maximum atomic E-state index is 12.9. The van der Waals surface area contributed by atoms with E-state index in [0.717, 1.165) is 30.8 Å². The third-order valence-corrected chi connectivity index (χ3v) is 5.10. The van der Waals surface area contributed by atoms with Crippen molar-refractivity contribution in [2.24, 2.45) is 0 Å². The van der Waals surface area contributed by atoms with Gasteiger partial charge in [0, 0.05) is 24.7 Å². The second kappa shape index (κ2) is 9.61. The largest absolute Gasteiger partial charge is 0.416 e. The lowest BCUT2D eigenvalue weighted by atomic mass is 10.0. The molecule has 3 rings (SSSR count). The van der Waals surface area contributed by atoms with Crippen LogP contribution in [-0.2, 0) is 22.1 Å². The van der Waals surface area contributed by atoms with Crippen molar-refractivity contribution in [1.29, 1.82) is 0 Å². The highest BCUT2D eigenvalue weighted by molar-refractivity contribution is 6.30. The summed E-state index contributed by atoms with van der Waals surface area (Å²) in [4.78, 5) is 14.6. The maximum Gasteiger partial charge on any atom is 0.416 e. The Morgan fingerprint density at radius 1 is 1.14 bits per heavy atom. The number of rotatable bonds is 6. The van der Waals surface area contributed by atoms with Crippen molar-refractivity contribution in [3.05, 3.63) is 70.2 Å². The number of morpholine rings is 1. The lowest BCUT2D eigenvalue weighted by molar-refractivity contribution is -0.137. The van der Waals surface area contributed by atoms with E-state index in [2.05, 4.69) is 10.2 Å². The predicted molar refractivity (Wildman–Crippen MR) is 105 cm³/mol. The normalized spacial score (nSPS) is 16.4. The second-order valence-corrected chi connectivity index (χ2v) is 7.33. The van der Waals surface area contributed by atoms with Gasteiger partial charge in [0.1, 0.15) is 0 Å². The van der Waals surface area contributed by atoms with E-state index >= 15 is 0 Å². The fourth-order valence-corrected chi connectivity index (χ4v) is 3.47. The lowest BCUT2D eigenvalue weighted by Gasteiger charge is -2.35. The van der Waals surface area contributed by atoms with Crippen LogP contribution in [0.15, 0.2) is 48.5 Å². The van der Waals surface area contributed by atoms with Gasteiger partial charge in [-0.15, -0.1) is 0 Å². The van der Waals surface area contributed by atoms with E-state index < -0.39 is 11.7 Å². The van der Waals surface area contributed by atoms with E-state index in [0.29, 0.717) is 30.3 Å². The molecular weight excluding hydrogens is 405 g/mol. The molecule has 1 unspecified atom stereocenters. The molecule has 1 atom stereocenters. The van der Waals surface area contributed by atoms with Crippen LogP contribution in [0.3, 0.4) is 0 Å². The summed E-state index contributed by atoms with van der Waals surface area (Å²) in [6.45, 7) is 3.04. The van der Waals surface area contributed by atoms with E-state index in [9.17, 15) is 18.0 Å². The minimum Gasteiger partial charge on any atom is -0.379 e. The van der Waals surface area contributed by atoms with E-state index in [1.165, 1.54) is 12.1 Å². The minimum atomic E-state index is -4.43. The van der Waals surface area contributed by atoms with Crippen LogP contribution in [0.25, 0.3) is 0 Å². The number of benzene rings is 2. The molecule has 0 radical (unpaired) electrons. The van der Waals surface area contributed by atoms with Crippen molar-refractivity contribution >= 4 is 17.5 Å². The summed E-state index contributed by atoms with van der Waals surface area (Å²) < 4.78 is 44.0. The van der Waals surface area contributed by atoms with Gasteiger partial charge in [-0.2, -0.15) is 13.2 Å². The highest BCUT2D eigenvalue weighted by Crippen LogP contribution is 2.29. The SMILES string of the molecule is O=C(Cc1cccc(C(F)(F)F)c1)NCC(c1ccc(Cl)cc1)N1CCOCC1. The van der Waals surface area contributed by atoms with Crippen molar-refractivity contribution in [1.82, 2.24) is 10.2 Å². The Hall–Kier alpha value is -2.09. The summed E-state index contributed by atoms with van der Waals surface area (Å²) in [7, 11) is 0. The van der Waals surface area contributed by atoms with Crippen LogP contribution in [-0.4, -0.2) is 43.7 Å². The summed E-state index contributed by atoms with van der Waals surface area (Å²) in [5.41, 5.74) is 0.581. The molecule has 1 heterocycles. The van der Waals surface area contributed by atoms with Crippen molar-refractivity contribution in [3.63, 3.8) is 0 Å². The van der Waals surface area contributed by atoms with E-state index in [4.69, 9.17) is 16.3 Å². The maximum absolute atomic E-state index is 12.9. The minimum absolute atomic E-state index is 0.0679. The first-order valence-electron chi connectivity index (χ1n) is 9.33. The number of halogens is 4. The number of nitrogens with one attached hydrogen (secondary N) is 1. The van der Waals surface area contributed by atoms with Crippen LogP contribution in [0.2, 0.25) is 5.02 Å². The third-order valence-electron chi connectivity index (χ3n) is 4.85. The number of carbonyl (C=O) groups is 1. The smallest absolute Gasteiger partial charge is 0.379 e. The third kappa shape index (κ3) is 6.19. The van der Waals surface area contributed by atoms with Crippen LogP contribution < -0.4 is 5.32 Å². The molecule has 0 aromatic heterocycles. The number of hydrogen-bond donors (Lipinski definition) is 1. The van der Waals surface area contributed by atoms with Gasteiger partial charge in [0.05, 0.1) is 31.2 Å². The average Bonchev–Trinajstić information content (AvgIpc) is 2.70. The topological polar surface area (TPSA) is 41.6 Å².